The molecule has 0 spiro atoms. The molecule has 124 valence electrons. The van der Waals surface area contributed by atoms with Crippen molar-refractivity contribution in [2.45, 2.75) is 12.8 Å². The highest BCUT2D eigenvalue weighted by Crippen LogP contribution is 2.42. The number of aliphatic carboxylic acids is 1. The quantitative estimate of drug-likeness (QED) is 0.914. The minimum atomic E-state index is -1.03. The van der Waals surface area contributed by atoms with E-state index in [0.29, 0.717) is 19.6 Å². The summed E-state index contributed by atoms with van der Waals surface area (Å²) >= 11 is 0. The Kier molecular flexibility index (Phi) is 4.06. The van der Waals surface area contributed by atoms with Gasteiger partial charge in [-0.2, -0.15) is 0 Å². The maximum atomic E-state index is 13.7. The molecule has 0 aliphatic carbocycles. The zero-order valence-electron chi connectivity index (χ0n) is 12.4. The lowest BCUT2D eigenvalue weighted by atomic mass is 9.74. The van der Waals surface area contributed by atoms with E-state index in [1.807, 2.05) is 0 Å². The Bertz CT molecular complexity index is 651. The molecule has 1 amide bonds. The van der Waals surface area contributed by atoms with Crippen LogP contribution < -0.4 is 0 Å². The number of carbonyl (C=O) groups excluding carboxylic acids is 1. The van der Waals surface area contributed by atoms with Crippen LogP contribution in [-0.4, -0.2) is 48.2 Å². The normalized spacial score (nSPS) is 26.9. The number of amides is 1. The Morgan fingerprint density at radius 3 is 2.87 bits per heavy atom. The fraction of sp³-hybridized carbons (Fsp3) is 0.500. The number of hydrogen-bond acceptors (Lipinski definition) is 3. The molecule has 2 atom stereocenters. The molecule has 0 unspecified atom stereocenters. The summed E-state index contributed by atoms with van der Waals surface area (Å²) < 4.78 is 32.2. The Hall–Kier alpha value is -2.02. The smallest absolute Gasteiger partial charge is 0.311 e. The molecule has 0 aromatic heterocycles. The first-order valence-corrected chi connectivity index (χ1v) is 7.46. The van der Waals surface area contributed by atoms with Crippen LogP contribution >= 0.6 is 0 Å². The van der Waals surface area contributed by atoms with E-state index in [-0.39, 0.29) is 31.0 Å². The summed E-state index contributed by atoms with van der Waals surface area (Å²) in [4.78, 5) is 25.5. The van der Waals surface area contributed by atoms with Gasteiger partial charge >= 0.3 is 5.97 Å². The first-order valence-electron chi connectivity index (χ1n) is 7.46. The van der Waals surface area contributed by atoms with Crippen LogP contribution in [0.15, 0.2) is 18.2 Å². The predicted octanol–water partition coefficient (Wildman–Crippen LogP) is 1.46. The van der Waals surface area contributed by atoms with Crippen LogP contribution in [-0.2, 0) is 20.7 Å². The number of carbonyl (C=O) groups is 2. The van der Waals surface area contributed by atoms with Crippen LogP contribution in [0.2, 0.25) is 0 Å². The van der Waals surface area contributed by atoms with Gasteiger partial charge in [0.1, 0.15) is 0 Å². The third kappa shape index (κ3) is 2.69. The fourth-order valence-corrected chi connectivity index (χ4v) is 3.45. The molecule has 7 heteroatoms. The fourth-order valence-electron chi connectivity index (χ4n) is 3.45. The Morgan fingerprint density at radius 1 is 1.39 bits per heavy atom. The topological polar surface area (TPSA) is 66.8 Å². The van der Waals surface area contributed by atoms with Gasteiger partial charge in [-0.15, -0.1) is 0 Å². The average Bonchev–Trinajstić information content (AvgIpc) is 2.93. The van der Waals surface area contributed by atoms with Gasteiger partial charge in [0.05, 0.1) is 18.4 Å². The van der Waals surface area contributed by atoms with Crippen LogP contribution in [0.4, 0.5) is 8.78 Å². The van der Waals surface area contributed by atoms with Gasteiger partial charge in [-0.1, -0.05) is 12.1 Å². The molecule has 2 aliphatic heterocycles. The van der Waals surface area contributed by atoms with E-state index >= 15 is 0 Å². The number of rotatable bonds is 3. The van der Waals surface area contributed by atoms with Crippen LogP contribution in [0.5, 0.6) is 0 Å². The highest BCUT2D eigenvalue weighted by molar-refractivity contribution is 5.82. The van der Waals surface area contributed by atoms with Crippen LogP contribution in [0.25, 0.3) is 0 Å². The first-order chi connectivity index (χ1) is 10.9. The molecule has 0 saturated carbocycles. The summed E-state index contributed by atoms with van der Waals surface area (Å²) in [5.74, 6) is -3.63. The average molecular weight is 325 g/mol. The maximum absolute atomic E-state index is 13.7. The van der Waals surface area contributed by atoms with E-state index in [4.69, 9.17) is 4.74 Å². The first kappa shape index (κ1) is 15.9. The zero-order chi connectivity index (χ0) is 16.6. The van der Waals surface area contributed by atoms with Gasteiger partial charge in [-0.05, 0) is 12.5 Å². The van der Waals surface area contributed by atoms with Crippen molar-refractivity contribution in [2.75, 3.05) is 26.3 Å². The van der Waals surface area contributed by atoms with Crippen molar-refractivity contribution in [3.05, 3.63) is 35.4 Å². The van der Waals surface area contributed by atoms with Crippen LogP contribution in [0.1, 0.15) is 12.0 Å². The Balaban J connectivity index is 1.76. The van der Waals surface area contributed by atoms with E-state index in [2.05, 4.69) is 0 Å². The van der Waals surface area contributed by atoms with Crippen molar-refractivity contribution < 1.29 is 28.2 Å². The number of carboxylic acids is 1. The van der Waals surface area contributed by atoms with Crippen molar-refractivity contribution in [2.24, 2.45) is 11.3 Å². The number of hydrogen-bond donors (Lipinski definition) is 1. The number of fused-ring (bicyclic) bond motifs is 1. The lowest BCUT2D eigenvalue weighted by Crippen LogP contribution is -2.45. The summed E-state index contributed by atoms with van der Waals surface area (Å²) in [6.07, 6.45) is 0.0674. The van der Waals surface area contributed by atoms with Crippen molar-refractivity contribution in [3.63, 3.8) is 0 Å². The molecule has 5 nitrogen and oxygen atoms in total. The molecule has 0 radical (unpaired) electrons. The molecule has 2 fully saturated rings. The third-order valence-electron chi connectivity index (χ3n) is 4.86. The summed E-state index contributed by atoms with van der Waals surface area (Å²) in [5, 5.41) is 9.57. The van der Waals surface area contributed by atoms with Crippen molar-refractivity contribution in [1.29, 1.82) is 0 Å². The number of carboxylic acid groups (broad SMARTS) is 1. The number of halogens is 2. The second-order valence-electron chi connectivity index (χ2n) is 6.15. The van der Waals surface area contributed by atoms with Gasteiger partial charge in [0.2, 0.25) is 5.91 Å². The maximum Gasteiger partial charge on any atom is 0.311 e. The SMILES string of the molecule is O=C(Cc1cccc(F)c1F)N1C[C@@H]2COCC[C@]2(C(=O)O)C1. The zero-order valence-corrected chi connectivity index (χ0v) is 12.4. The Morgan fingerprint density at radius 2 is 2.17 bits per heavy atom. The largest absolute Gasteiger partial charge is 0.481 e. The van der Waals surface area contributed by atoms with Gasteiger partial charge in [0.15, 0.2) is 11.6 Å². The second-order valence-corrected chi connectivity index (χ2v) is 6.15. The summed E-state index contributed by atoms with van der Waals surface area (Å²) in [5.41, 5.74) is -1.01. The highest BCUT2D eigenvalue weighted by atomic mass is 19.2. The van der Waals surface area contributed by atoms with Crippen molar-refractivity contribution in [3.8, 4) is 0 Å². The summed E-state index contributed by atoms with van der Waals surface area (Å²) in [6, 6.07) is 3.69. The standard InChI is InChI=1S/C16H17F2NO4/c17-12-3-1-2-10(14(12)18)6-13(20)19-7-11-8-23-5-4-16(11,9-19)15(21)22/h1-3,11H,4-9H2,(H,21,22)/t11-,16+/m1/s1. The molecule has 0 bridgehead atoms. The lowest BCUT2D eigenvalue weighted by Gasteiger charge is -2.33. The molecular formula is C16H17F2NO4. The number of benzene rings is 1. The Labute approximate surface area is 131 Å². The molecule has 3 rings (SSSR count). The molecule has 2 saturated heterocycles. The number of likely N-dealkylation sites (tertiary alicyclic amines) is 1. The van der Waals surface area contributed by atoms with E-state index < -0.39 is 28.9 Å². The lowest BCUT2D eigenvalue weighted by molar-refractivity contribution is -0.157. The number of nitrogens with zero attached hydrogens (tertiary/aromatic N) is 1. The molecule has 1 aromatic carbocycles. The van der Waals surface area contributed by atoms with Crippen LogP contribution in [0, 0.1) is 23.0 Å². The van der Waals surface area contributed by atoms with E-state index in [1.165, 1.54) is 17.0 Å². The molecule has 1 aromatic rings. The van der Waals surface area contributed by atoms with E-state index in [9.17, 15) is 23.5 Å². The molecule has 23 heavy (non-hydrogen) atoms. The van der Waals surface area contributed by atoms with E-state index in [0.717, 1.165) is 6.07 Å². The summed E-state index contributed by atoms with van der Waals surface area (Å²) in [7, 11) is 0. The van der Waals surface area contributed by atoms with Crippen LogP contribution in [0.3, 0.4) is 0 Å². The van der Waals surface area contributed by atoms with E-state index in [1.54, 1.807) is 0 Å². The number of ether oxygens (including phenoxy) is 1. The molecular weight excluding hydrogens is 308 g/mol. The summed E-state index contributed by atoms with van der Waals surface area (Å²) in [6.45, 7) is 1.00. The monoisotopic (exact) mass is 325 g/mol. The van der Waals surface area contributed by atoms with Crippen molar-refractivity contribution >= 4 is 11.9 Å². The van der Waals surface area contributed by atoms with Gasteiger partial charge < -0.3 is 14.7 Å². The third-order valence-corrected chi connectivity index (χ3v) is 4.86. The van der Waals surface area contributed by atoms with Gasteiger partial charge in [-0.25, -0.2) is 8.78 Å². The molecule has 2 heterocycles. The van der Waals surface area contributed by atoms with Gasteiger partial charge in [0, 0.05) is 31.2 Å². The minimum absolute atomic E-state index is 0.0227. The predicted molar refractivity (Wildman–Crippen MR) is 75.6 cm³/mol. The second kappa shape index (κ2) is 5.88. The minimum Gasteiger partial charge on any atom is -0.481 e. The highest BCUT2D eigenvalue weighted by Gasteiger charge is 2.54. The van der Waals surface area contributed by atoms with Crippen molar-refractivity contribution in [1.82, 2.24) is 4.90 Å². The molecule has 2 aliphatic rings. The van der Waals surface area contributed by atoms with Gasteiger partial charge in [0.25, 0.3) is 0 Å². The molecule has 1 N–H and O–H groups in total. The van der Waals surface area contributed by atoms with Gasteiger partial charge in [-0.3, -0.25) is 9.59 Å².